The maximum atomic E-state index is 12.5. The zero-order valence-corrected chi connectivity index (χ0v) is 16.8. The molecule has 150 valence electrons. The Morgan fingerprint density at radius 1 is 0.966 bits per heavy atom. The molecule has 29 heavy (non-hydrogen) atoms. The molecule has 0 atom stereocenters. The van der Waals surface area contributed by atoms with Crippen molar-refractivity contribution in [2.75, 3.05) is 12.4 Å². The number of amides is 1. The van der Waals surface area contributed by atoms with Gasteiger partial charge >= 0.3 is 0 Å². The van der Waals surface area contributed by atoms with Crippen molar-refractivity contribution in [2.45, 2.75) is 26.5 Å². The first-order chi connectivity index (χ1) is 14.0. The number of ether oxygens (including phenoxy) is 2. The minimum atomic E-state index is -0.183. The minimum Gasteiger partial charge on any atom is -0.497 e. The predicted octanol–water partition coefficient (Wildman–Crippen LogP) is 4.55. The number of carbonyl (C=O) groups is 1. The van der Waals surface area contributed by atoms with Crippen LogP contribution >= 0.6 is 0 Å². The fourth-order valence-electron chi connectivity index (χ4n) is 2.72. The quantitative estimate of drug-likeness (QED) is 0.589. The van der Waals surface area contributed by atoms with E-state index in [1.807, 2.05) is 62.4 Å². The van der Waals surface area contributed by atoms with Crippen LogP contribution in [0.5, 0.6) is 11.5 Å². The highest BCUT2D eigenvalue weighted by molar-refractivity contribution is 5.94. The maximum absolute atomic E-state index is 12.5. The van der Waals surface area contributed by atoms with Gasteiger partial charge in [-0.1, -0.05) is 12.1 Å². The zero-order chi connectivity index (χ0) is 20.6. The summed E-state index contributed by atoms with van der Waals surface area (Å²) in [5.74, 6) is 1.42. The summed E-state index contributed by atoms with van der Waals surface area (Å²) < 4.78 is 10.8. The molecule has 1 aromatic heterocycles. The lowest BCUT2D eigenvalue weighted by molar-refractivity contribution is 0.0950. The van der Waals surface area contributed by atoms with Crippen LogP contribution in [0.4, 0.5) is 11.4 Å². The Balaban J connectivity index is 1.60. The molecule has 3 rings (SSSR count). The first-order valence-electron chi connectivity index (χ1n) is 9.43. The molecule has 0 spiro atoms. The summed E-state index contributed by atoms with van der Waals surface area (Å²) >= 11 is 0. The molecule has 6 nitrogen and oxygen atoms in total. The van der Waals surface area contributed by atoms with E-state index in [-0.39, 0.29) is 12.0 Å². The Bertz CT molecular complexity index is 938. The van der Waals surface area contributed by atoms with Crippen LogP contribution in [0.2, 0.25) is 0 Å². The predicted molar refractivity (Wildman–Crippen MR) is 114 cm³/mol. The molecule has 0 aliphatic carbocycles. The van der Waals surface area contributed by atoms with Crippen LogP contribution in [0.15, 0.2) is 67.0 Å². The minimum absolute atomic E-state index is 0.131. The summed E-state index contributed by atoms with van der Waals surface area (Å²) in [5.41, 5.74) is 3.10. The van der Waals surface area contributed by atoms with Gasteiger partial charge in [0.25, 0.3) is 5.91 Å². The summed E-state index contributed by atoms with van der Waals surface area (Å²) in [5, 5.41) is 6.16. The van der Waals surface area contributed by atoms with E-state index in [4.69, 9.17) is 9.47 Å². The fourth-order valence-corrected chi connectivity index (χ4v) is 2.72. The molecule has 0 fully saturated rings. The first-order valence-corrected chi connectivity index (χ1v) is 9.43. The lowest BCUT2D eigenvalue weighted by atomic mass is 10.2. The van der Waals surface area contributed by atoms with Gasteiger partial charge in [-0.05, 0) is 61.9 Å². The van der Waals surface area contributed by atoms with E-state index >= 15 is 0 Å². The number of nitrogens with zero attached hydrogens (tertiary/aromatic N) is 1. The molecular weight excluding hydrogens is 366 g/mol. The molecule has 1 heterocycles. The second-order valence-electron chi connectivity index (χ2n) is 6.81. The monoisotopic (exact) mass is 391 g/mol. The van der Waals surface area contributed by atoms with Gasteiger partial charge in [0.15, 0.2) is 0 Å². The largest absolute Gasteiger partial charge is 0.497 e. The maximum Gasteiger partial charge on any atom is 0.253 e. The number of carbonyl (C=O) groups excluding carboxylic acids is 1. The van der Waals surface area contributed by atoms with E-state index in [0.717, 1.165) is 28.4 Å². The number of benzene rings is 2. The van der Waals surface area contributed by atoms with Crippen LogP contribution in [-0.2, 0) is 6.54 Å². The van der Waals surface area contributed by atoms with Gasteiger partial charge in [-0.15, -0.1) is 0 Å². The number of hydrogen-bond acceptors (Lipinski definition) is 5. The molecule has 0 unspecified atom stereocenters. The second kappa shape index (κ2) is 9.59. The third-order valence-electron chi connectivity index (χ3n) is 4.13. The van der Waals surface area contributed by atoms with Gasteiger partial charge in [0.05, 0.1) is 30.7 Å². The molecule has 6 heteroatoms. The highest BCUT2D eigenvalue weighted by Crippen LogP contribution is 2.21. The number of rotatable bonds is 8. The van der Waals surface area contributed by atoms with Gasteiger partial charge in [0.1, 0.15) is 11.5 Å². The molecule has 0 aliphatic heterocycles. The van der Waals surface area contributed by atoms with E-state index in [1.165, 1.54) is 0 Å². The van der Waals surface area contributed by atoms with Crippen LogP contribution in [0.1, 0.15) is 29.8 Å². The highest BCUT2D eigenvalue weighted by Gasteiger charge is 2.08. The number of pyridine rings is 1. The van der Waals surface area contributed by atoms with Crippen molar-refractivity contribution in [3.05, 3.63) is 78.1 Å². The molecule has 0 saturated carbocycles. The van der Waals surface area contributed by atoms with E-state index < -0.39 is 0 Å². The van der Waals surface area contributed by atoms with Crippen molar-refractivity contribution in [1.82, 2.24) is 10.3 Å². The molecule has 2 aromatic carbocycles. The molecular formula is C23H25N3O3. The number of methoxy groups -OCH3 is 1. The highest BCUT2D eigenvalue weighted by atomic mass is 16.5. The summed E-state index contributed by atoms with van der Waals surface area (Å²) in [4.78, 5) is 16.6. The molecule has 0 saturated heterocycles. The number of aromatic nitrogens is 1. The summed E-state index contributed by atoms with van der Waals surface area (Å²) in [6, 6.07) is 17.0. The van der Waals surface area contributed by atoms with Gasteiger partial charge in [-0.2, -0.15) is 0 Å². The second-order valence-corrected chi connectivity index (χ2v) is 6.81. The Hall–Kier alpha value is -3.54. The molecule has 2 N–H and O–H groups in total. The van der Waals surface area contributed by atoms with Crippen molar-refractivity contribution < 1.29 is 14.3 Å². The van der Waals surface area contributed by atoms with Gasteiger partial charge in [0.2, 0.25) is 0 Å². The van der Waals surface area contributed by atoms with Gasteiger partial charge in [-0.25, -0.2) is 0 Å². The zero-order valence-electron chi connectivity index (χ0n) is 16.8. The van der Waals surface area contributed by atoms with Gasteiger partial charge in [0, 0.05) is 18.4 Å². The fraction of sp³-hybridized carbons (Fsp3) is 0.217. The lowest BCUT2D eigenvalue weighted by Crippen LogP contribution is -2.23. The molecule has 3 aromatic rings. The molecule has 0 aliphatic rings. The van der Waals surface area contributed by atoms with Crippen LogP contribution in [0.25, 0.3) is 0 Å². The van der Waals surface area contributed by atoms with Crippen molar-refractivity contribution >= 4 is 17.3 Å². The van der Waals surface area contributed by atoms with E-state index in [1.54, 1.807) is 25.6 Å². The topological polar surface area (TPSA) is 72.5 Å². The van der Waals surface area contributed by atoms with Gasteiger partial charge < -0.3 is 20.1 Å². The average molecular weight is 391 g/mol. The lowest BCUT2D eigenvalue weighted by Gasteiger charge is -2.11. The molecule has 0 radical (unpaired) electrons. The van der Waals surface area contributed by atoms with Crippen LogP contribution in [0.3, 0.4) is 0 Å². The summed E-state index contributed by atoms with van der Waals surface area (Å²) in [6.45, 7) is 4.41. The Kier molecular flexibility index (Phi) is 6.68. The number of anilines is 2. The average Bonchev–Trinajstić information content (AvgIpc) is 2.73. The number of nitrogens with one attached hydrogen (secondary N) is 2. The summed E-state index contributed by atoms with van der Waals surface area (Å²) in [6.07, 6.45) is 3.36. The van der Waals surface area contributed by atoms with Crippen molar-refractivity contribution in [3.8, 4) is 11.5 Å². The molecule has 0 bridgehead atoms. The third-order valence-corrected chi connectivity index (χ3v) is 4.13. The first kappa shape index (κ1) is 20.2. The molecule has 1 amide bonds. The Labute approximate surface area is 170 Å². The van der Waals surface area contributed by atoms with E-state index in [9.17, 15) is 4.79 Å². The Morgan fingerprint density at radius 2 is 1.66 bits per heavy atom. The normalized spacial score (nSPS) is 10.5. The van der Waals surface area contributed by atoms with Crippen LogP contribution in [-0.4, -0.2) is 24.1 Å². The van der Waals surface area contributed by atoms with Crippen molar-refractivity contribution in [3.63, 3.8) is 0 Å². The standard InChI is InChI=1S/C23H25N3O3/c1-16(2)29-22-10-6-19(7-11-22)26-20-12-18(14-24-15-20)23(27)25-13-17-4-8-21(28-3)9-5-17/h4-12,14-16,26H,13H2,1-3H3,(H,25,27). The van der Waals surface area contributed by atoms with Crippen LogP contribution in [0, 0.1) is 0 Å². The number of hydrogen-bond donors (Lipinski definition) is 2. The van der Waals surface area contributed by atoms with Crippen molar-refractivity contribution in [1.29, 1.82) is 0 Å². The van der Waals surface area contributed by atoms with Gasteiger partial charge in [-0.3, -0.25) is 9.78 Å². The Morgan fingerprint density at radius 3 is 2.31 bits per heavy atom. The van der Waals surface area contributed by atoms with Crippen molar-refractivity contribution in [2.24, 2.45) is 0 Å². The smallest absolute Gasteiger partial charge is 0.253 e. The SMILES string of the molecule is COc1ccc(CNC(=O)c2cncc(Nc3ccc(OC(C)C)cc3)c2)cc1. The third kappa shape index (κ3) is 5.97. The summed E-state index contributed by atoms with van der Waals surface area (Å²) in [7, 11) is 1.62. The van der Waals surface area contributed by atoms with Crippen LogP contribution < -0.4 is 20.1 Å². The van der Waals surface area contributed by atoms with E-state index in [0.29, 0.717) is 12.1 Å². The van der Waals surface area contributed by atoms with E-state index in [2.05, 4.69) is 15.6 Å².